The molecule has 0 spiro atoms. The first-order valence-electron chi connectivity index (χ1n) is 4.90. The van der Waals surface area contributed by atoms with Gasteiger partial charge in [-0.2, -0.15) is 0 Å². The topological polar surface area (TPSA) is 16.1 Å². The van der Waals surface area contributed by atoms with Crippen molar-refractivity contribution in [1.82, 2.24) is 9.88 Å². The number of nitrogens with zero attached hydrogens (tertiary/aromatic N) is 2. The lowest BCUT2D eigenvalue weighted by Crippen LogP contribution is -2.21. The molecule has 1 aliphatic rings. The van der Waals surface area contributed by atoms with Gasteiger partial charge in [0.1, 0.15) is 0 Å². The van der Waals surface area contributed by atoms with E-state index in [1.165, 1.54) is 17.7 Å². The van der Waals surface area contributed by atoms with Crippen molar-refractivity contribution in [2.75, 3.05) is 6.54 Å². The molecule has 0 fully saturated rings. The molecular weight excluding hydrogens is 160 g/mol. The Morgan fingerprint density at radius 2 is 2.23 bits per heavy atom. The molecule has 0 aliphatic carbocycles. The van der Waals surface area contributed by atoms with Gasteiger partial charge in [-0.3, -0.25) is 9.88 Å². The summed E-state index contributed by atoms with van der Waals surface area (Å²) in [6.07, 6.45) is 3.88. The van der Waals surface area contributed by atoms with Crippen LogP contribution in [0.25, 0.3) is 0 Å². The minimum atomic E-state index is 0. The zero-order valence-electron chi connectivity index (χ0n) is 9.33. The van der Waals surface area contributed by atoms with Gasteiger partial charge >= 0.3 is 1.43 Å². The van der Waals surface area contributed by atoms with E-state index in [9.17, 15) is 0 Å². The van der Waals surface area contributed by atoms with E-state index in [4.69, 9.17) is 0 Å². The first-order valence-corrected chi connectivity index (χ1v) is 4.90. The lowest BCUT2D eigenvalue weighted by molar-refractivity contribution is 0.251. The SMILES string of the molecule is CC(C)CN1Cc2ccncc2C1.[H+]. The number of hydrogen-bond donors (Lipinski definition) is 0. The van der Waals surface area contributed by atoms with Crippen LogP contribution in [0.1, 0.15) is 26.4 Å². The number of pyridine rings is 1. The van der Waals surface area contributed by atoms with Gasteiger partial charge in [0, 0.05) is 32.0 Å². The van der Waals surface area contributed by atoms with Gasteiger partial charge in [-0.25, -0.2) is 0 Å². The van der Waals surface area contributed by atoms with Gasteiger partial charge in [-0.1, -0.05) is 13.8 Å². The van der Waals surface area contributed by atoms with Crippen LogP contribution in [0, 0.1) is 5.92 Å². The molecule has 1 aliphatic heterocycles. The molecule has 0 aromatic carbocycles. The summed E-state index contributed by atoms with van der Waals surface area (Å²) in [5.41, 5.74) is 2.86. The number of hydrogen-bond acceptors (Lipinski definition) is 2. The molecule has 2 heteroatoms. The monoisotopic (exact) mass is 177 g/mol. The summed E-state index contributed by atoms with van der Waals surface area (Å²) < 4.78 is 0. The Balaban J connectivity index is 0.000000980. The molecule has 0 saturated heterocycles. The molecule has 0 atom stereocenters. The maximum absolute atomic E-state index is 4.14. The lowest BCUT2D eigenvalue weighted by atomic mass is 10.2. The zero-order valence-corrected chi connectivity index (χ0v) is 8.33. The summed E-state index contributed by atoms with van der Waals surface area (Å²) in [6, 6.07) is 2.13. The Morgan fingerprint density at radius 1 is 1.46 bits per heavy atom. The molecule has 0 amide bonds. The molecule has 0 bridgehead atoms. The largest absolute Gasteiger partial charge is 1.00 e. The van der Waals surface area contributed by atoms with E-state index in [2.05, 4.69) is 29.8 Å². The molecule has 0 N–H and O–H groups in total. The Bertz CT molecular complexity index is 274. The van der Waals surface area contributed by atoms with Crippen LogP contribution >= 0.6 is 0 Å². The smallest absolute Gasteiger partial charge is 0.294 e. The second-order valence-corrected chi connectivity index (χ2v) is 4.21. The van der Waals surface area contributed by atoms with E-state index < -0.39 is 0 Å². The molecule has 0 radical (unpaired) electrons. The van der Waals surface area contributed by atoms with Crippen molar-refractivity contribution in [3.05, 3.63) is 29.6 Å². The van der Waals surface area contributed by atoms with E-state index in [1.807, 2.05) is 12.4 Å². The number of rotatable bonds is 2. The molecule has 1 aromatic heterocycles. The highest BCUT2D eigenvalue weighted by molar-refractivity contribution is 5.26. The predicted octanol–water partition coefficient (Wildman–Crippen LogP) is 2.17. The minimum absolute atomic E-state index is 0. The molecule has 0 unspecified atom stereocenters. The fraction of sp³-hybridized carbons (Fsp3) is 0.545. The van der Waals surface area contributed by atoms with Crippen LogP contribution in [0.15, 0.2) is 18.5 Å². The van der Waals surface area contributed by atoms with Crippen molar-refractivity contribution in [3.8, 4) is 0 Å². The summed E-state index contributed by atoms with van der Waals surface area (Å²) in [5, 5.41) is 0. The van der Waals surface area contributed by atoms with Crippen molar-refractivity contribution < 1.29 is 1.43 Å². The highest BCUT2D eigenvalue weighted by atomic mass is 15.1. The van der Waals surface area contributed by atoms with Crippen molar-refractivity contribution >= 4 is 0 Å². The van der Waals surface area contributed by atoms with E-state index in [0.717, 1.165) is 19.0 Å². The second kappa shape index (κ2) is 3.46. The Labute approximate surface area is 81.1 Å². The predicted molar refractivity (Wildman–Crippen MR) is 54.3 cm³/mol. The van der Waals surface area contributed by atoms with Gasteiger partial charge in [-0.15, -0.1) is 0 Å². The number of fused-ring (bicyclic) bond motifs is 1. The average Bonchev–Trinajstić information content (AvgIpc) is 2.44. The van der Waals surface area contributed by atoms with Crippen LogP contribution in [-0.4, -0.2) is 16.4 Å². The molecule has 2 heterocycles. The first-order chi connectivity index (χ1) is 6.25. The third-order valence-electron chi connectivity index (χ3n) is 2.42. The van der Waals surface area contributed by atoms with Gasteiger partial charge in [-0.05, 0) is 23.1 Å². The third kappa shape index (κ3) is 1.89. The van der Waals surface area contributed by atoms with Crippen molar-refractivity contribution in [3.63, 3.8) is 0 Å². The van der Waals surface area contributed by atoms with Gasteiger partial charge in [0.15, 0.2) is 0 Å². The van der Waals surface area contributed by atoms with Crippen LogP contribution in [0.3, 0.4) is 0 Å². The maximum Gasteiger partial charge on any atom is 1.00 e. The van der Waals surface area contributed by atoms with Gasteiger partial charge in [0.25, 0.3) is 0 Å². The lowest BCUT2D eigenvalue weighted by Gasteiger charge is -2.16. The summed E-state index contributed by atoms with van der Waals surface area (Å²) >= 11 is 0. The molecule has 13 heavy (non-hydrogen) atoms. The van der Waals surface area contributed by atoms with Gasteiger partial charge in [0.2, 0.25) is 0 Å². The van der Waals surface area contributed by atoms with Crippen LogP contribution in [0.4, 0.5) is 0 Å². The quantitative estimate of drug-likeness (QED) is 0.688. The normalized spacial score (nSPS) is 16.5. The summed E-state index contributed by atoms with van der Waals surface area (Å²) in [5.74, 6) is 0.752. The Kier molecular flexibility index (Phi) is 2.32. The van der Waals surface area contributed by atoms with E-state index in [0.29, 0.717) is 0 Å². The first kappa shape index (κ1) is 8.70. The summed E-state index contributed by atoms with van der Waals surface area (Å²) in [4.78, 5) is 6.63. The fourth-order valence-corrected chi connectivity index (χ4v) is 1.94. The van der Waals surface area contributed by atoms with E-state index in [-0.39, 0.29) is 1.43 Å². The highest BCUT2D eigenvalue weighted by Crippen LogP contribution is 2.21. The Hall–Kier alpha value is -0.890. The van der Waals surface area contributed by atoms with Crippen molar-refractivity contribution in [1.29, 1.82) is 0 Å². The minimum Gasteiger partial charge on any atom is -0.294 e. The fourth-order valence-electron chi connectivity index (χ4n) is 1.94. The number of aromatic nitrogens is 1. The highest BCUT2D eigenvalue weighted by Gasteiger charge is 2.18. The van der Waals surface area contributed by atoms with Crippen LogP contribution < -0.4 is 0 Å². The Morgan fingerprint density at radius 3 is 2.92 bits per heavy atom. The third-order valence-corrected chi connectivity index (χ3v) is 2.42. The van der Waals surface area contributed by atoms with E-state index in [1.54, 1.807) is 0 Å². The molecule has 2 rings (SSSR count). The van der Waals surface area contributed by atoms with Crippen molar-refractivity contribution in [2.45, 2.75) is 26.9 Å². The van der Waals surface area contributed by atoms with Crippen LogP contribution in [-0.2, 0) is 13.1 Å². The molecule has 1 aromatic rings. The van der Waals surface area contributed by atoms with E-state index >= 15 is 0 Å². The summed E-state index contributed by atoms with van der Waals surface area (Å²) in [7, 11) is 0. The molecule has 70 valence electrons. The van der Waals surface area contributed by atoms with Gasteiger partial charge in [0.05, 0.1) is 0 Å². The molecule has 2 nitrogen and oxygen atoms in total. The standard InChI is InChI=1S/C11H16N2/c1-9(2)6-13-7-10-3-4-12-5-11(10)8-13/h3-5,9H,6-8H2,1-2H3/p+1. The zero-order chi connectivity index (χ0) is 9.26. The van der Waals surface area contributed by atoms with Gasteiger partial charge < -0.3 is 0 Å². The van der Waals surface area contributed by atoms with Crippen LogP contribution in [0.5, 0.6) is 0 Å². The second-order valence-electron chi connectivity index (χ2n) is 4.21. The summed E-state index contributed by atoms with van der Waals surface area (Å²) in [6.45, 7) is 7.91. The average molecular weight is 177 g/mol. The maximum atomic E-state index is 4.14. The molecule has 0 saturated carbocycles. The molecular formula is C11H17N2+. The van der Waals surface area contributed by atoms with Crippen LogP contribution in [0.2, 0.25) is 0 Å². The van der Waals surface area contributed by atoms with Crippen molar-refractivity contribution in [2.24, 2.45) is 5.92 Å².